The number of anilines is 2. The molecule has 2 aliphatic heterocycles. The molecule has 2 unspecified atom stereocenters. The molecule has 116 valence electrons. The molecule has 2 saturated heterocycles. The van der Waals surface area contributed by atoms with Gasteiger partial charge >= 0.3 is 0 Å². The second-order valence-electron chi connectivity index (χ2n) is 6.38. The Morgan fingerprint density at radius 3 is 2.90 bits per heavy atom. The Bertz CT molecular complexity index is 491. The largest absolute Gasteiger partial charge is 0.494 e. The highest BCUT2D eigenvalue weighted by molar-refractivity contribution is 5.60. The second kappa shape index (κ2) is 6.14. The SMILES string of the molecule is CCOc1cc(N)cc(N2CCC3C(CCCN3C)C2)c1. The fourth-order valence-electron chi connectivity index (χ4n) is 3.93. The van der Waals surface area contributed by atoms with Crippen LogP contribution < -0.4 is 15.4 Å². The minimum atomic E-state index is 0.679. The van der Waals surface area contributed by atoms with E-state index in [4.69, 9.17) is 10.5 Å². The van der Waals surface area contributed by atoms with E-state index < -0.39 is 0 Å². The van der Waals surface area contributed by atoms with Crippen molar-refractivity contribution in [2.75, 3.05) is 43.9 Å². The highest BCUT2D eigenvalue weighted by Gasteiger charge is 2.34. The molecule has 0 aromatic heterocycles. The van der Waals surface area contributed by atoms with Gasteiger partial charge in [-0.2, -0.15) is 0 Å². The van der Waals surface area contributed by atoms with Gasteiger partial charge in [-0.25, -0.2) is 0 Å². The number of ether oxygens (including phenoxy) is 1. The Morgan fingerprint density at radius 1 is 1.24 bits per heavy atom. The number of fused-ring (bicyclic) bond motifs is 1. The summed E-state index contributed by atoms with van der Waals surface area (Å²) in [5, 5.41) is 0. The van der Waals surface area contributed by atoms with E-state index in [1.165, 1.54) is 31.5 Å². The van der Waals surface area contributed by atoms with Crippen molar-refractivity contribution in [3.05, 3.63) is 18.2 Å². The summed E-state index contributed by atoms with van der Waals surface area (Å²) < 4.78 is 5.63. The van der Waals surface area contributed by atoms with Crippen molar-refractivity contribution in [2.24, 2.45) is 5.92 Å². The lowest BCUT2D eigenvalue weighted by molar-refractivity contribution is 0.102. The standard InChI is InChI=1S/C17H27N3O/c1-3-21-16-10-14(18)9-15(11-16)20-8-6-17-13(12-20)5-4-7-19(17)2/h9-11,13,17H,3-8,12,18H2,1-2H3. The van der Waals surface area contributed by atoms with Gasteiger partial charge in [0.1, 0.15) is 5.75 Å². The number of piperidine rings is 2. The average molecular weight is 289 g/mol. The van der Waals surface area contributed by atoms with Gasteiger partial charge in [0.2, 0.25) is 0 Å². The number of nitrogens with zero attached hydrogens (tertiary/aromatic N) is 2. The van der Waals surface area contributed by atoms with E-state index in [9.17, 15) is 0 Å². The number of rotatable bonds is 3. The Kier molecular flexibility index (Phi) is 4.24. The molecule has 0 amide bonds. The van der Waals surface area contributed by atoms with Gasteiger partial charge in [0, 0.05) is 42.6 Å². The summed E-state index contributed by atoms with van der Waals surface area (Å²) in [6, 6.07) is 6.89. The molecule has 2 atom stereocenters. The summed E-state index contributed by atoms with van der Waals surface area (Å²) in [7, 11) is 2.28. The van der Waals surface area contributed by atoms with Gasteiger partial charge in [0.25, 0.3) is 0 Å². The van der Waals surface area contributed by atoms with Gasteiger partial charge in [0.15, 0.2) is 0 Å². The van der Waals surface area contributed by atoms with E-state index in [-0.39, 0.29) is 0 Å². The van der Waals surface area contributed by atoms with Gasteiger partial charge in [-0.1, -0.05) is 0 Å². The summed E-state index contributed by atoms with van der Waals surface area (Å²) in [5.74, 6) is 1.67. The van der Waals surface area contributed by atoms with Crippen LogP contribution in [0, 0.1) is 5.92 Å². The van der Waals surface area contributed by atoms with Crippen LogP contribution in [0.1, 0.15) is 26.2 Å². The van der Waals surface area contributed by atoms with Crippen LogP contribution in [0.2, 0.25) is 0 Å². The predicted octanol–water partition coefficient (Wildman–Crippen LogP) is 2.59. The highest BCUT2D eigenvalue weighted by atomic mass is 16.5. The van der Waals surface area contributed by atoms with Gasteiger partial charge < -0.3 is 20.3 Å². The van der Waals surface area contributed by atoms with Gasteiger partial charge in [0.05, 0.1) is 6.61 Å². The molecule has 0 aliphatic carbocycles. The summed E-state index contributed by atoms with van der Waals surface area (Å²) in [4.78, 5) is 5.04. The molecule has 0 bridgehead atoms. The van der Waals surface area contributed by atoms with Crippen LogP contribution >= 0.6 is 0 Å². The molecule has 1 aromatic carbocycles. The lowest BCUT2D eigenvalue weighted by Crippen LogP contribution is -2.52. The normalized spacial score (nSPS) is 26.5. The molecule has 2 aliphatic rings. The molecule has 2 heterocycles. The summed E-state index contributed by atoms with van der Waals surface area (Å²) >= 11 is 0. The molecular weight excluding hydrogens is 262 g/mol. The third-order valence-corrected chi connectivity index (χ3v) is 4.94. The van der Waals surface area contributed by atoms with Crippen molar-refractivity contribution in [1.82, 2.24) is 4.90 Å². The topological polar surface area (TPSA) is 41.7 Å². The van der Waals surface area contributed by atoms with Crippen LogP contribution in [0.15, 0.2) is 18.2 Å². The minimum Gasteiger partial charge on any atom is -0.494 e. The van der Waals surface area contributed by atoms with Crippen molar-refractivity contribution < 1.29 is 4.74 Å². The zero-order valence-electron chi connectivity index (χ0n) is 13.2. The monoisotopic (exact) mass is 289 g/mol. The molecule has 4 heteroatoms. The van der Waals surface area contributed by atoms with E-state index in [2.05, 4.69) is 29.0 Å². The molecule has 4 nitrogen and oxygen atoms in total. The third kappa shape index (κ3) is 3.10. The summed E-state index contributed by atoms with van der Waals surface area (Å²) in [6.07, 6.45) is 3.93. The number of nitrogens with two attached hydrogens (primary N) is 1. The Morgan fingerprint density at radius 2 is 2.10 bits per heavy atom. The molecule has 1 aromatic rings. The van der Waals surface area contributed by atoms with Crippen LogP contribution in [-0.2, 0) is 0 Å². The zero-order valence-corrected chi connectivity index (χ0v) is 13.2. The van der Waals surface area contributed by atoms with Crippen molar-refractivity contribution >= 4 is 11.4 Å². The molecule has 0 spiro atoms. The minimum absolute atomic E-state index is 0.679. The highest BCUT2D eigenvalue weighted by Crippen LogP contribution is 2.34. The van der Waals surface area contributed by atoms with Gasteiger partial charge in [-0.05, 0) is 51.8 Å². The molecule has 0 radical (unpaired) electrons. The van der Waals surface area contributed by atoms with Crippen LogP contribution in [0.4, 0.5) is 11.4 Å². The van der Waals surface area contributed by atoms with Crippen molar-refractivity contribution in [2.45, 2.75) is 32.2 Å². The van der Waals surface area contributed by atoms with Crippen molar-refractivity contribution in [3.8, 4) is 5.75 Å². The average Bonchev–Trinajstić information content (AvgIpc) is 2.47. The third-order valence-electron chi connectivity index (χ3n) is 4.94. The van der Waals surface area contributed by atoms with E-state index in [0.717, 1.165) is 36.5 Å². The number of benzene rings is 1. The van der Waals surface area contributed by atoms with E-state index in [0.29, 0.717) is 6.61 Å². The molecule has 21 heavy (non-hydrogen) atoms. The molecule has 3 rings (SSSR count). The summed E-state index contributed by atoms with van der Waals surface area (Å²) in [5.41, 5.74) is 8.04. The zero-order chi connectivity index (χ0) is 14.8. The number of nitrogen functional groups attached to an aromatic ring is 1. The lowest BCUT2D eigenvalue weighted by atomic mass is 9.84. The maximum Gasteiger partial charge on any atom is 0.123 e. The molecule has 0 saturated carbocycles. The maximum atomic E-state index is 6.04. The fraction of sp³-hybridized carbons (Fsp3) is 0.647. The number of hydrogen-bond acceptors (Lipinski definition) is 4. The summed E-state index contributed by atoms with van der Waals surface area (Å²) in [6.45, 7) is 6.20. The number of hydrogen-bond donors (Lipinski definition) is 1. The first kappa shape index (κ1) is 14.5. The quantitative estimate of drug-likeness (QED) is 0.869. The second-order valence-corrected chi connectivity index (χ2v) is 6.38. The molecule has 2 fully saturated rings. The van der Waals surface area contributed by atoms with Gasteiger partial charge in [-0.15, -0.1) is 0 Å². The molecular formula is C17H27N3O. The van der Waals surface area contributed by atoms with Crippen LogP contribution in [-0.4, -0.2) is 44.2 Å². The predicted molar refractivity (Wildman–Crippen MR) is 88.0 cm³/mol. The van der Waals surface area contributed by atoms with Crippen LogP contribution in [0.5, 0.6) is 5.75 Å². The first-order valence-corrected chi connectivity index (χ1v) is 8.16. The Labute approximate surface area is 127 Å². The Hall–Kier alpha value is -1.42. The van der Waals surface area contributed by atoms with Gasteiger partial charge in [-0.3, -0.25) is 0 Å². The van der Waals surface area contributed by atoms with Crippen molar-refractivity contribution in [3.63, 3.8) is 0 Å². The Balaban J connectivity index is 1.75. The maximum absolute atomic E-state index is 6.04. The first-order chi connectivity index (χ1) is 10.2. The first-order valence-electron chi connectivity index (χ1n) is 8.16. The van der Waals surface area contributed by atoms with E-state index in [1.54, 1.807) is 0 Å². The van der Waals surface area contributed by atoms with E-state index in [1.807, 2.05) is 13.0 Å². The smallest absolute Gasteiger partial charge is 0.123 e. The van der Waals surface area contributed by atoms with E-state index >= 15 is 0 Å². The lowest BCUT2D eigenvalue weighted by Gasteiger charge is -2.46. The number of likely N-dealkylation sites (tertiary alicyclic amines) is 1. The molecule has 2 N–H and O–H groups in total. The van der Waals surface area contributed by atoms with Crippen LogP contribution in [0.25, 0.3) is 0 Å². The fourth-order valence-corrected chi connectivity index (χ4v) is 3.93. The van der Waals surface area contributed by atoms with Crippen LogP contribution in [0.3, 0.4) is 0 Å². The van der Waals surface area contributed by atoms with Crippen molar-refractivity contribution in [1.29, 1.82) is 0 Å².